The van der Waals surface area contributed by atoms with Crippen LogP contribution in [0.5, 0.6) is 0 Å². The highest BCUT2D eigenvalue weighted by atomic mass is 19.4. The third kappa shape index (κ3) is 7.34. The average molecular weight is 626 g/mol. The van der Waals surface area contributed by atoms with Gasteiger partial charge in [0.1, 0.15) is 5.82 Å². The number of amides is 3. The van der Waals surface area contributed by atoms with Crippen LogP contribution in [0.15, 0.2) is 53.1 Å². The van der Waals surface area contributed by atoms with Gasteiger partial charge >= 0.3 is 12.2 Å². The molecule has 6 rings (SSSR count). The fraction of sp³-hybridized carbons (Fsp3) is 0.500. The quantitative estimate of drug-likeness (QED) is 0.352. The molecule has 0 bridgehead atoms. The number of nitrogens with one attached hydrogen (secondary N) is 2. The molecule has 3 amide bonds. The number of halogens is 3. The van der Waals surface area contributed by atoms with Crippen LogP contribution in [-0.2, 0) is 6.18 Å². The predicted molar refractivity (Wildman–Crippen MR) is 164 cm³/mol. The van der Waals surface area contributed by atoms with Crippen LogP contribution in [0.3, 0.4) is 0 Å². The maximum Gasteiger partial charge on any atom is 0.437 e. The molecule has 0 atom stereocenters. The summed E-state index contributed by atoms with van der Waals surface area (Å²) in [6, 6.07) is 13.3. The highest BCUT2D eigenvalue weighted by Crippen LogP contribution is 2.36. The molecule has 1 aliphatic carbocycles. The van der Waals surface area contributed by atoms with E-state index in [1.165, 1.54) is 11.8 Å². The first kappa shape index (κ1) is 30.7. The number of oxazole rings is 1. The molecular formula is C32H38F3N7O3. The minimum absolute atomic E-state index is 0.0276. The van der Waals surface area contributed by atoms with Crippen molar-refractivity contribution in [1.29, 1.82) is 0 Å². The second-order valence-electron chi connectivity index (χ2n) is 12.0. The van der Waals surface area contributed by atoms with Crippen LogP contribution in [0.25, 0.3) is 0 Å². The Bertz CT molecular complexity index is 1450. The van der Waals surface area contributed by atoms with Gasteiger partial charge in [-0.2, -0.15) is 18.2 Å². The SMILES string of the molecule is O=C(Nc1ccc(N2CCCN(C(=O)NC3CCCC3)CC2)nc1)c1oc(N2CCC(c3ccccc3)CC2)nc1C(F)(F)F. The minimum atomic E-state index is -4.87. The van der Waals surface area contributed by atoms with Gasteiger partial charge < -0.3 is 29.8 Å². The summed E-state index contributed by atoms with van der Waals surface area (Å²) in [5.41, 5.74) is 0.0711. The molecule has 3 fully saturated rings. The first-order valence-electron chi connectivity index (χ1n) is 15.7. The molecule has 3 aliphatic rings. The van der Waals surface area contributed by atoms with Gasteiger partial charge in [0.15, 0.2) is 5.69 Å². The van der Waals surface area contributed by atoms with Crippen molar-refractivity contribution in [2.75, 3.05) is 54.4 Å². The number of piperidine rings is 1. The standard InChI is InChI=1S/C32H38F3N7O3/c33-32(34,35)28-27(45-31(39-28)42-17-13-23(14-18-42)22-7-2-1-3-8-22)29(43)37-25-11-12-26(36-21-25)40-15-6-16-41(20-19-40)30(44)38-24-9-4-5-10-24/h1-3,7-8,11-12,21,23-24H,4-6,9-10,13-20H2,(H,37,43)(H,38,44). The van der Waals surface area contributed by atoms with Gasteiger partial charge in [-0.3, -0.25) is 4.79 Å². The van der Waals surface area contributed by atoms with Gasteiger partial charge in [-0.25, -0.2) is 9.78 Å². The van der Waals surface area contributed by atoms with E-state index in [0.29, 0.717) is 51.0 Å². The maximum atomic E-state index is 13.9. The number of carbonyl (C=O) groups is 2. The van der Waals surface area contributed by atoms with Gasteiger partial charge in [0, 0.05) is 45.3 Å². The van der Waals surface area contributed by atoms with Crippen molar-refractivity contribution >= 4 is 29.5 Å². The number of carbonyl (C=O) groups excluding carboxylic acids is 2. The fourth-order valence-corrected chi connectivity index (χ4v) is 6.44. The number of urea groups is 1. The lowest BCUT2D eigenvalue weighted by Crippen LogP contribution is -2.45. The van der Waals surface area contributed by atoms with Gasteiger partial charge in [-0.1, -0.05) is 43.2 Å². The molecule has 2 N–H and O–H groups in total. The van der Waals surface area contributed by atoms with Crippen LogP contribution in [0.4, 0.5) is 35.5 Å². The van der Waals surface area contributed by atoms with Crippen molar-refractivity contribution in [2.24, 2.45) is 0 Å². The molecule has 3 aromatic rings. The van der Waals surface area contributed by atoms with E-state index in [0.717, 1.165) is 44.9 Å². The van der Waals surface area contributed by atoms with Crippen LogP contribution >= 0.6 is 0 Å². The Kier molecular flexibility index (Phi) is 9.13. The summed E-state index contributed by atoms with van der Waals surface area (Å²) in [6.07, 6.45) is 3.14. The third-order valence-electron chi connectivity index (χ3n) is 8.92. The largest absolute Gasteiger partial charge is 0.437 e. The molecule has 2 aromatic heterocycles. The lowest BCUT2D eigenvalue weighted by atomic mass is 9.90. The summed E-state index contributed by atoms with van der Waals surface area (Å²) in [7, 11) is 0. The number of rotatable bonds is 6. The van der Waals surface area contributed by atoms with Crippen LogP contribution in [0.1, 0.15) is 72.7 Å². The molecule has 0 unspecified atom stereocenters. The predicted octanol–water partition coefficient (Wildman–Crippen LogP) is 5.89. The topological polar surface area (TPSA) is 107 Å². The Morgan fingerprint density at radius 1 is 0.844 bits per heavy atom. The van der Waals surface area contributed by atoms with Gasteiger partial charge in [0.2, 0.25) is 5.76 Å². The normalized spacial score (nSPS) is 18.6. The Hall–Kier alpha value is -4.29. The van der Waals surface area contributed by atoms with Crippen molar-refractivity contribution < 1.29 is 27.2 Å². The lowest BCUT2D eigenvalue weighted by molar-refractivity contribution is -0.141. The van der Waals surface area contributed by atoms with Crippen LogP contribution in [0, 0.1) is 0 Å². The van der Waals surface area contributed by atoms with E-state index >= 15 is 0 Å². The van der Waals surface area contributed by atoms with E-state index in [-0.39, 0.29) is 23.8 Å². The second kappa shape index (κ2) is 13.4. The number of aromatic nitrogens is 2. The first-order valence-corrected chi connectivity index (χ1v) is 15.7. The third-order valence-corrected chi connectivity index (χ3v) is 8.92. The Morgan fingerprint density at radius 3 is 2.29 bits per heavy atom. The van der Waals surface area contributed by atoms with Crippen molar-refractivity contribution in [3.63, 3.8) is 0 Å². The Balaban J connectivity index is 1.07. The van der Waals surface area contributed by atoms with Gasteiger partial charge in [-0.05, 0) is 55.7 Å². The molecule has 2 saturated heterocycles. The van der Waals surface area contributed by atoms with Gasteiger partial charge in [0.05, 0.1) is 11.9 Å². The molecule has 45 heavy (non-hydrogen) atoms. The minimum Gasteiger partial charge on any atom is -0.417 e. The fourth-order valence-electron chi connectivity index (χ4n) is 6.44. The second-order valence-corrected chi connectivity index (χ2v) is 12.0. The number of anilines is 3. The molecule has 2 aliphatic heterocycles. The summed E-state index contributed by atoms with van der Waals surface area (Å²) in [4.78, 5) is 39.4. The number of benzene rings is 1. The molecule has 0 spiro atoms. The van der Waals surface area contributed by atoms with E-state index < -0.39 is 23.5 Å². The van der Waals surface area contributed by atoms with E-state index in [9.17, 15) is 22.8 Å². The number of alkyl halides is 3. The first-order chi connectivity index (χ1) is 21.7. The lowest BCUT2D eigenvalue weighted by Gasteiger charge is -2.31. The number of hydrogen-bond donors (Lipinski definition) is 2. The van der Waals surface area contributed by atoms with Crippen molar-refractivity contribution in [1.82, 2.24) is 20.2 Å². The van der Waals surface area contributed by atoms with Crippen molar-refractivity contribution in [3.8, 4) is 0 Å². The molecule has 1 saturated carbocycles. The molecule has 0 radical (unpaired) electrons. The molecule has 10 nitrogen and oxygen atoms in total. The summed E-state index contributed by atoms with van der Waals surface area (Å²) in [6.45, 7) is 3.41. The molecule has 13 heteroatoms. The molecular weight excluding hydrogens is 587 g/mol. The highest BCUT2D eigenvalue weighted by Gasteiger charge is 2.42. The molecule has 4 heterocycles. The van der Waals surface area contributed by atoms with Gasteiger partial charge in [0.25, 0.3) is 11.9 Å². The van der Waals surface area contributed by atoms with E-state index in [4.69, 9.17) is 4.42 Å². The summed E-state index contributed by atoms with van der Waals surface area (Å²) < 4.78 is 47.2. The zero-order chi connectivity index (χ0) is 31.4. The molecule has 240 valence electrons. The zero-order valence-electron chi connectivity index (χ0n) is 25.1. The Labute approximate surface area is 260 Å². The van der Waals surface area contributed by atoms with Crippen LogP contribution in [0.2, 0.25) is 0 Å². The van der Waals surface area contributed by atoms with E-state index in [1.807, 2.05) is 23.1 Å². The summed E-state index contributed by atoms with van der Waals surface area (Å²) in [5.74, 6) is -0.973. The summed E-state index contributed by atoms with van der Waals surface area (Å²) >= 11 is 0. The smallest absolute Gasteiger partial charge is 0.417 e. The molecule has 1 aromatic carbocycles. The van der Waals surface area contributed by atoms with Crippen molar-refractivity contribution in [3.05, 3.63) is 65.7 Å². The number of nitrogens with zero attached hydrogens (tertiary/aromatic N) is 5. The monoisotopic (exact) mass is 625 g/mol. The van der Waals surface area contributed by atoms with Crippen molar-refractivity contribution in [2.45, 2.75) is 63.1 Å². The average Bonchev–Trinajstić information content (AvgIpc) is 3.67. The van der Waals surface area contributed by atoms with Crippen LogP contribution < -0.4 is 20.4 Å². The van der Waals surface area contributed by atoms with E-state index in [1.54, 1.807) is 17.0 Å². The highest BCUT2D eigenvalue weighted by molar-refractivity contribution is 6.03. The van der Waals surface area contributed by atoms with Gasteiger partial charge in [-0.15, -0.1) is 0 Å². The van der Waals surface area contributed by atoms with E-state index in [2.05, 4.69) is 37.6 Å². The zero-order valence-corrected chi connectivity index (χ0v) is 25.1. The van der Waals surface area contributed by atoms with Crippen LogP contribution in [-0.4, -0.2) is 72.1 Å². The Morgan fingerprint density at radius 2 is 1.60 bits per heavy atom. The number of pyridine rings is 1. The number of hydrogen-bond acceptors (Lipinski definition) is 7. The summed E-state index contributed by atoms with van der Waals surface area (Å²) in [5, 5.41) is 5.62. The maximum absolute atomic E-state index is 13.9.